The lowest BCUT2D eigenvalue weighted by Gasteiger charge is -2.22. The molecule has 0 saturated heterocycles. The molecule has 0 saturated carbocycles. The Morgan fingerprint density at radius 2 is 1.36 bits per heavy atom. The third kappa shape index (κ3) is 5.20. The molecule has 0 fully saturated rings. The summed E-state index contributed by atoms with van der Waals surface area (Å²) in [5.74, 6) is -0.817. The monoisotopic (exact) mass is 404 g/mol. The van der Waals surface area contributed by atoms with Crippen molar-refractivity contribution >= 4 is 0 Å². The highest BCUT2D eigenvalue weighted by Gasteiger charge is 2.47. The molecular formula is C21H22F6O. The molecular weight excluding hydrogens is 382 g/mol. The number of aryl methyl sites for hydroxylation is 1. The average molecular weight is 404 g/mol. The summed E-state index contributed by atoms with van der Waals surface area (Å²) < 4.78 is 86.4. The largest absolute Gasteiger partial charge is 0.493 e. The van der Waals surface area contributed by atoms with Gasteiger partial charge in [-0.1, -0.05) is 50.1 Å². The molecule has 154 valence electrons. The Kier molecular flexibility index (Phi) is 7.01. The van der Waals surface area contributed by atoms with Gasteiger partial charge >= 0.3 is 12.4 Å². The van der Waals surface area contributed by atoms with Gasteiger partial charge in [0.1, 0.15) is 11.3 Å². The molecule has 0 aliphatic heterocycles. The number of alkyl halides is 6. The first-order valence-corrected chi connectivity index (χ1v) is 9.13. The van der Waals surface area contributed by atoms with E-state index in [1.165, 1.54) is 19.1 Å². The summed E-state index contributed by atoms with van der Waals surface area (Å²) in [6.07, 6.45) is -6.59. The van der Waals surface area contributed by atoms with Crippen LogP contribution in [0.1, 0.15) is 49.8 Å². The Morgan fingerprint density at radius 3 is 1.86 bits per heavy atom. The number of halogens is 6. The molecule has 7 heteroatoms. The number of ether oxygens (including phenoxy) is 1. The highest BCUT2D eigenvalue weighted by Crippen LogP contribution is 2.49. The maximum absolute atomic E-state index is 13.7. The Hall–Kier alpha value is -2.18. The van der Waals surface area contributed by atoms with E-state index in [4.69, 9.17) is 4.74 Å². The minimum atomic E-state index is -5.20. The topological polar surface area (TPSA) is 9.23 Å². The quantitative estimate of drug-likeness (QED) is 0.342. The summed E-state index contributed by atoms with van der Waals surface area (Å²) in [7, 11) is 0. The molecule has 0 N–H and O–H groups in total. The molecule has 0 unspecified atom stereocenters. The second-order valence-corrected chi connectivity index (χ2v) is 6.44. The molecule has 1 nitrogen and oxygen atoms in total. The van der Waals surface area contributed by atoms with Crippen LogP contribution >= 0.6 is 0 Å². The van der Waals surface area contributed by atoms with E-state index < -0.39 is 34.8 Å². The summed E-state index contributed by atoms with van der Waals surface area (Å²) in [5.41, 5.74) is -2.99. The van der Waals surface area contributed by atoms with Crippen LogP contribution in [0, 0.1) is 0 Å². The molecule has 0 amide bonds. The molecule has 0 aromatic heterocycles. The highest BCUT2D eigenvalue weighted by atomic mass is 19.4. The van der Waals surface area contributed by atoms with Crippen LogP contribution in [0.2, 0.25) is 0 Å². The van der Waals surface area contributed by atoms with Gasteiger partial charge in [0.15, 0.2) is 0 Å². The van der Waals surface area contributed by atoms with E-state index in [-0.39, 0.29) is 12.2 Å². The predicted molar refractivity (Wildman–Crippen MR) is 96.3 cm³/mol. The minimum Gasteiger partial charge on any atom is -0.493 e. The zero-order valence-corrected chi connectivity index (χ0v) is 15.7. The molecule has 0 aliphatic carbocycles. The Bertz CT molecular complexity index is 775. The standard InChI is InChI=1S/C21H22F6O/c1-3-5-6-7-14-8-10-15(11-9-14)16-12-13-17(28-4-2)19(21(25,26)27)18(16)20(22,23)24/h8-13H,3-7H2,1-2H3. The van der Waals surface area contributed by atoms with Gasteiger partial charge in [-0.2, -0.15) is 26.3 Å². The van der Waals surface area contributed by atoms with Crippen LogP contribution in [-0.4, -0.2) is 6.61 Å². The summed E-state index contributed by atoms with van der Waals surface area (Å²) in [5, 5.41) is 0. The van der Waals surface area contributed by atoms with Crippen LogP contribution in [-0.2, 0) is 18.8 Å². The van der Waals surface area contributed by atoms with Crippen molar-refractivity contribution in [2.75, 3.05) is 6.61 Å². The van der Waals surface area contributed by atoms with Crippen molar-refractivity contribution in [3.05, 3.63) is 53.1 Å². The molecule has 28 heavy (non-hydrogen) atoms. The fraction of sp³-hybridized carbons (Fsp3) is 0.429. The first kappa shape index (κ1) is 22.1. The summed E-state index contributed by atoms with van der Waals surface area (Å²) >= 11 is 0. The van der Waals surface area contributed by atoms with Crippen LogP contribution in [0.3, 0.4) is 0 Å². The summed E-state index contributed by atoms with van der Waals surface area (Å²) in [6.45, 7) is 3.30. The number of rotatable bonds is 7. The molecule has 0 radical (unpaired) electrons. The van der Waals surface area contributed by atoms with Gasteiger partial charge in [-0.3, -0.25) is 0 Å². The minimum absolute atomic E-state index is 0.0834. The van der Waals surface area contributed by atoms with Crippen LogP contribution < -0.4 is 4.74 Å². The van der Waals surface area contributed by atoms with Crippen LogP contribution in [0.25, 0.3) is 11.1 Å². The second kappa shape index (κ2) is 8.88. The normalized spacial score (nSPS) is 12.3. The molecule has 2 aromatic rings. The summed E-state index contributed by atoms with van der Waals surface area (Å²) in [6, 6.07) is 8.18. The van der Waals surface area contributed by atoms with Gasteiger partial charge in [-0.15, -0.1) is 0 Å². The molecule has 0 aliphatic rings. The predicted octanol–water partition coefficient (Wildman–Crippen LogP) is 7.52. The lowest BCUT2D eigenvalue weighted by molar-refractivity contribution is -0.162. The van der Waals surface area contributed by atoms with E-state index in [2.05, 4.69) is 6.92 Å². The Labute approximate surface area is 160 Å². The summed E-state index contributed by atoms with van der Waals surface area (Å²) in [4.78, 5) is 0. The van der Waals surface area contributed by atoms with E-state index in [9.17, 15) is 26.3 Å². The van der Waals surface area contributed by atoms with Crippen LogP contribution in [0.15, 0.2) is 36.4 Å². The number of benzene rings is 2. The van der Waals surface area contributed by atoms with Crippen molar-refractivity contribution in [3.8, 4) is 16.9 Å². The molecule has 2 aromatic carbocycles. The van der Waals surface area contributed by atoms with E-state index in [1.807, 2.05) is 0 Å². The van der Waals surface area contributed by atoms with E-state index in [0.717, 1.165) is 43.4 Å². The van der Waals surface area contributed by atoms with Crippen molar-refractivity contribution in [3.63, 3.8) is 0 Å². The first-order chi connectivity index (χ1) is 13.1. The van der Waals surface area contributed by atoms with Crippen molar-refractivity contribution < 1.29 is 31.1 Å². The van der Waals surface area contributed by atoms with Crippen LogP contribution in [0.5, 0.6) is 5.75 Å². The van der Waals surface area contributed by atoms with Crippen molar-refractivity contribution in [1.29, 1.82) is 0 Å². The van der Waals surface area contributed by atoms with Crippen molar-refractivity contribution in [2.24, 2.45) is 0 Å². The lowest BCUT2D eigenvalue weighted by Crippen LogP contribution is -2.19. The first-order valence-electron chi connectivity index (χ1n) is 9.13. The van der Waals surface area contributed by atoms with Crippen molar-refractivity contribution in [1.82, 2.24) is 0 Å². The number of hydrogen-bond acceptors (Lipinski definition) is 1. The highest BCUT2D eigenvalue weighted by molar-refractivity contribution is 5.72. The number of hydrogen-bond donors (Lipinski definition) is 0. The lowest BCUT2D eigenvalue weighted by atomic mass is 9.92. The Balaban J connectivity index is 2.58. The smallest absolute Gasteiger partial charge is 0.420 e. The van der Waals surface area contributed by atoms with E-state index in [1.54, 1.807) is 12.1 Å². The average Bonchev–Trinajstić information content (AvgIpc) is 2.61. The van der Waals surface area contributed by atoms with Crippen molar-refractivity contribution in [2.45, 2.75) is 51.9 Å². The third-order valence-corrected chi connectivity index (χ3v) is 4.37. The second-order valence-electron chi connectivity index (χ2n) is 6.44. The van der Waals surface area contributed by atoms with Gasteiger partial charge in [0.25, 0.3) is 0 Å². The zero-order chi connectivity index (χ0) is 20.9. The fourth-order valence-electron chi connectivity index (χ4n) is 3.11. The zero-order valence-electron chi connectivity index (χ0n) is 15.7. The van der Waals surface area contributed by atoms with Gasteiger partial charge in [0.05, 0.1) is 12.2 Å². The molecule has 0 spiro atoms. The maximum Gasteiger partial charge on any atom is 0.420 e. The fourth-order valence-corrected chi connectivity index (χ4v) is 3.11. The van der Waals surface area contributed by atoms with E-state index in [0.29, 0.717) is 0 Å². The molecule has 0 bridgehead atoms. The molecule has 0 heterocycles. The van der Waals surface area contributed by atoms with Gasteiger partial charge < -0.3 is 4.74 Å². The van der Waals surface area contributed by atoms with E-state index >= 15 is 0 Å². The molecule has 2 rings (SSSR count). The third-order valence-electron chi connectivity index (χ3n) is 4.37. The maximum atomic E-state index is 13.7. The number of unbranched alkanes of at least 4 members (excludes halogenated alkanes) is 2. The Morgan fingerprint density at radius 1 is 0.750 bits per heavy atom. The van der Waals surface area contributed by atoms with Gasteiger partial charge in [0, 0.05) is 0 Å². The van der Waals surface area contributed by atoms with Gasteiger partial charge in [-0.05, 0) is 42.5 Å². The SMILES string of the molecule is CCCCCc1ccc(-c2ccc(OCC)c(C(F)(F)F)c2C(F)(F)F)cc1. The van der Waals surface area contributed by atoms with Gasteiger partial charge in [-0.25, -0.2) is 0 Å². The van der Waals surface area contributed by atoms with Crippen LogP contribution in [0.4, 0.5) is 26.3 Å². The molecule has 0 atom stereocenters. The van der Waals surface area contributed by atoms with Gasteiger partial charge in [0.2, 0.25) is 0 Å².